The molecule has 5 nitrogen and oxygen atoms in total. The van der Waals surface area contributed by atoms with Gasteiger partial charge in [0, 0.05) is 35.4 Å². The molecule has 1 aromatic heterocycles. The maximum atomic E-state index is 13.1. The van der Waals surface area contributed by atoms with Gasteiger partial charge in [0.1, 0.15) is 11.8 Å². The van der Waals surface area contributed by atoms with Crippen LogP contribution in [0.15, 0.2) is 85.1 Å². The average Bonchev–Trinajstić information content (AvgIpc) is 3.20. The van der Waals surface area contributed by atoms with Gasteiger partial charge in [0.15, 0.2) is 0 Å². The minimum absolute atomic E-state index is 0.103. The molecule has 152 valence electrons. The number of methoxy groups -OCH3 is 1. The van der Waals surface area contributed by atoms with E-state index in [2.05, 4.69) is 27.8 Å². The summed E-state index contributed by atoms with van der Waals surface area (Å²) in [5.74, 6) is 0.602. The number of fused-ring (bicyclic) bond motifs is 1. The number of benzene rings is 3. The second-order valence-corrected chi connectivity index (χ2v) is 7.13. The predicted octanol–water partition coefficient (Wildman–Crippen LogP) is 4.69. The summed E-state index contributed by atoms with van der Waals surface area (Å²) in [7, 11) is 1.61. The molecule has 0 spiro atoms. The SMILES string of the molecule is COc1cccc(NC(=O)[C@@H](NCCc2c[nH]c3ccccc23)c2ccccc2)c1. The van der Waals surface area contributed by atoms with Gasteiger partial charge in [0.25, 0.3) is 0 Å². The molecule has 0 aliphatic carbocycles. The van der Waals surface area contributed by atoms with Crippen molar-refractivity contribution >= 4 is 22.5 Å². The van der Waals surface area contributed by atoms with E-state index in [0.717, 1.165) is 17.5 Å². The van der Waals surface area contributed by atoms with Crippen LogP contribution in [0.3, 0.4) is 0 Å². The standard InChI is InChI=1S/C25H25N3O2/c1-30-21-11-7-10-20(16-21)28-25(29)24(18-8-3-2-4-9-18)26-15-14-19-17-27-23-13-6-5-12-22(19)23/h2-13,16-17,24,26-27H,14-15H2,1H3,(H,28,29)/t24-/m0/s1. The maximum absolute atomic E-state index is 13.1. The Morgan fingerprint density at radius 3 is 2.63 bits per heavy atom. The molecule has 0 fully saturated rings. The molecule has 0 saturated heterocycles. The zero-order chi connectivity index (χ0) is 20.8. The van der Waals surface area contributed by atoms with Gasteiger partial charge in [-0.15, -0.1) is 0 Å². The zero-order valence-corrected chi connectivity index (χ0v) is 16.9. The van der Waals surface area contributed by atoms with Crippen molar-refractivity contribution in [3.8, 4) is 5.75 Å². The van der Waals surface area contributed by atoms with Crippen molar-refractivity contribution in [3.63, 3.8) is 0 Å². The first-order valence-electron chi connectivity index (χ1n) is 10.0. The number of rotatable bonds is 8. The number of hydrogen-bond donors (Lipinski definition) is 3. The molecule has 1 amide bonds. The van der Waals surface area contributed by atoms with E-state index in [0.29, 0.717) is 18.0 Å². The van der Waals surface area contributed by atoms with E-state index in [1.165, 1.54) is 10.9 Å². The van der Waals surface area contributed by atoms with Gasteiger partial charge in [-0.2, -0.15) is 0 Å². The molecule has 3 N–H and O–H groups in total. The van der Waals surface area contributed by atoms with Gasteiger partial charge in [-0.3, -0.25) is 4.79 Å². The molecule has 30 heavy (non-hydrogen) atoms. The molecule has 1 heterocycles. The molecule has 4 rings (SSSR count). The van der Waals surface area contributed by atoms with Gasteiger partial charge in [-0.05, 0) is 35.7 Å². The van der Waals surface area contributed by atoms with Crippen LogP contribution in [0.25, 0.3) is 10.9 Å². The lowest BCUT2D eigenvalue weighted by atomic mass is 10.0. The summed E-state index contributed by atoms with van der Waals surface area (Å²) in [5.41, 5.74) is 4.00. The molecule has 0 aliphatic heterocycles. The topological polar surface area (TPSA) is 66.2 Å². The number of amides is 1. The van der Waals surface area contributed by atoms with E-state index < -0.39 is 6.04 Å². The highest BCUT2D eigenvalue weighted by Crippen LogP contribution is 2.21. The quantitative estimate of drug-likeness (QED) is 0.403. The predicted molar refractivity (Wildman–Crippen MR) is 121 cm³/mol. The smallest absolute Gasteiger partial charge is 0.246 e. The number of anilines is 1. The van der Waals surface area contributed by atoms with Crippen molar-refractivity contribution < 1.29 is 9.53 Å². The van der Waals surface area contributed by atoms with Crippen LogP contribution in [0.1, 0.15) is 17.2 Å². The monoisotopic (exact) mass is 399 g/mol. The summed E-state index contributed by atoms with van der Waals surface area (Å²) in [6, 6.07) is 25.0. The molecule has 0 bridgehead atoms. The molecule has 0 saturated carbocycles. The Kier molecular flexibility index (Phi) is 6.11. The Bertz CT molecular complexity index is 1120. The number of H-pyrrole nitrogens is 1. The summed E-state index contributed by atoms with van der Waals surface area (Å²) in [6.07, 6.45) is 2.86. The summed E-state index contributed by atoms with van der Waals surface area (Å²) in [5, 5.41) is 7.65. The maximum Gasteiger partial charge on any atom is 0.246 e. The van der Waals surface area contributed by atoms with Crippen LogP contribution >= 0.6 is 0 Å². The number of nitrogens with one attached hydrogen (secondary N) is 3. The minimum Gasteiger partial charge on any atom is -0.497 e. The van der Waals surface area contributed by atoms with Crippen LogP contribution in [-0.4, -0.2) is 24.5 Å². The molecular formula is C25H25N3O2. The molecule has 0 radical (unpaired) electrons. The molecule has 0 unspecified atom stereocenters. The molecule has 1 atom stereocenters. The van der Waals surface area contributed by atoms with Gasteiger partial charge in [-0.1, -0.05) is 54.6 Å². The highest BCUT2D eigenvalue weighted by atomic mass is 16.5. The first-order valence-corrected chi connectivity index (χ1v) is 10.0. The second-order valence-electron chi connectivity index (χ2n) is 7.13. The number of carbonyl (C=O) groups is 1. The van der Waals surface area contributed by atoms with Crippen molar-refractivity contribution in [2.45, 2.75) is 12.5 Å². The summed E-state index contributed by atoms with van der Waals surface area (Å²) >= 11 is 0. The van der Waals surface area contributed by atoms with Crippen molar-refractivity contribution in [1.82, 2.24) is 10.3 Å². The lowest BCUT2D eigenvalue weighted by Gasteiger charge is -2.19. The normalized spacial score (nSPS) is 11.9. The second kappa shape index (κ2) is 9.29. The van der Waals surface area contributed by atoms with Crippen molar-refractivity contribution in [2.24, 2.45) is 0 Å². The van der Waals surface area contributed by atoms with Crippen LogP contribution in [0.2, 0.25) is 0 Å². The van der Waals surface area contributed by atoms with Gasteiger partial charge in [0.05, 0.1) is 7.11 Å². The van der Waals surface area contributed by atoms with Crippen LogP contribution in [0.4, 0.5) is 5.69 Å². The van der Waals surface area contributed by atoms with E-state index >= 15 is 0 Å². The fourth-order valence-electron chi connectivity index (χ4n) is 3.61. The van der Waals surface area contributed by atoms with Crippen LogP contribution in [0.5, 0.6) is 5.75 Å². The number of para-hydroxylation sites is 1. The summed E-state index contributed by atoms with van der Waals surface area (Å²) in [4.78, 5) is 16.4. The lowest BCUT2D eigenvalue weighted by molar-refractivity contribution is -0.118. The van der Waals surface area contributed by atoms with E-state index in [1.807, 2.05) is 72.9 Å². The van der Waals surface area contributed by atoms with Crippen LogP contribution in [-0.2, 0) is 11.2 Å². The first kappa shape index (κ1) is 19.7. The average molecular weight is 399 g/mol. The van der Waals surface area contributed by atoms with E-state index in [-0.39, 0.29) is 5.91 Å². The summed E-state index contributed by atoms with van der Waals surface area (Å²) < 4.78 is 5.25. The third-order valence-electron chi connectivity index (χ3n) is 5.15. The third kappa shape index (κ3) is 4.53. The molecule has 3 aromatic carbocycles. The minimum atomic E-state index is -0.456. The van der Waals surface area contributed by atoms with E-state index in [4.69, 9.17) is 4.74 Å². The number of carbonyl (C=O) groups excluding carboxylic acids is 1. The fraction of sp³-hybridized carbons (Fsp3) is 0.160. The van der Waals surface area contributed by atoms with Gasteiger partial charge in [-0.25, -0.2) is 0 Å². The lowest BCUT2D eigenvalue weighted by Crippen LogP contribution is -2.34. The highest BCUT2D eigenvalue weighted by Gasteiger charge is 2.20. The number of ether oxygens (including phenoxy) is 1. The number of aromatic nitrogens is 1. The zero-order valence-electron chi connectivity index (χ0n) is 16.9. The fourth-order valence-corrected chi connectivity index (χ4v) is 3.61. The number of hydrogen-bond acceptors (Lipinski definition) is 3. The molecule has 0 aliphatic rings. The van der Waals surface area contributed by atoms with Gasteiger partial charge >= 0.3 is 0 Å². The van der Waals surface area contributed by atoms with Gasteiger partial charge < -0.3 is 20.4 Å². The Balaban J connectivity index is 1.47. The first-order chi connectivity index (χ1) is 14.7. The summed E-state index contributed by atoms with van der Waals surface area (Å²) in [6.45, 7) is 0.674. The Labute approximate surface area is 176 Å². The Hall–Kier alpha value is -3.57. The number of aromatic amines is 1. The van der Waals surface area contributed by atoms with Crippen molar-refractivity contribution in [2.75, 3.05) is 19.0 Å². The highest BCUT2D eigenvalue weighted by molar-refractivity contribution is 5.95. The van der Waals surface area contributed by atoms with E-state index in [9.17, 15) is 4.79 Å². The molecule has 5 heteroatoms. The molecule has 4 aromatic rings. The van der Waals surface area contributed by atoms with Crippen LogP contribution < -0.4 is 15.4 Å². The third-order valence-corrected chi connectivity index (χ3v) is 5.15. The molecular weight excluding hydrogens is 374 g/mol. The van der Waals surface area contributed by atoms with Crippen LogP contribution in [0, 0.1) is 0 Å². The van der Waals surface area contributed by atoms with E-state index in [1.54, 1.807) is 7.11 Å². The Morgan fingerprint density at radius 1 is 1.00 bits per heavy atom. The Morgan fingerprint density at radius 2 is 1.80 bits per heavy atom. The van der Waals surface area contributed by atoms with Crippen molar-refractivity contribution in [3.05, 3.63) is 96.2 Å². The van der Waals surface area contributed by atoms with Gasteiger partial charge in [0.2, 0.25) is 5.91 Å². The largest absolute Gasteiger partial charge is 0.497 e. The van der Waals surface area contributed by atoms with Crippen molar-refractivity contribution in [1.29, 1.82) is 0 Å².